The lowest BCUT2D eigenvalue weighted by Crippen LogP contribution is -2.11. The van der Waals surface area contributed by atoms with Crippen LogP contribution >= 0.6 is 0 Å². The molecule has 0 radical (unpaired) electrons. The smallest absolute Gasteiger partial charge is 0.150 e. The largest absolute Gasteiger partial charge is 0.344 e. The minimum absolute atomic E-state index is 0.493. The minimum atomic E-state index is 0.493. The van der Waals surface area contributed by atoms with E-state index >= 15 is 0 Å². The van der Waals surface area contributed by atoms with Crippen molar-refractivity contribution in [2.75, 3.05) is 11.9 Å². The van der Waals surface area contributed by atoms with Gasteiger partial charge < -0.3 is 4.90 Å². The van der Waals surface area contributed by atoms with E-state index in [9.17, 15) is 10.1 Å². The number of carbonyl (C=O) groups is 1. The van der Waals surface area contributed by atoms with Gasteiger partial charge in [-0.15, -0.1) is 0 Å². The van der Waals surface area contributed by atoms with E-state index in [1.54, 1.807) is 18.2 Å². The van der Waals surface area contributed by atoms with Gasteiger partial charge in [-0.05, 0) is 37.3 Å². The molecule has 3 nitrogen and oxygen atoms in total. The van der Waals surface area contributed by atoms with Crippen LogP contribution in [-0.2, 0) is 0 Å². The van der Waals surface area contributed by atoms with Gasteiger partial charge in [0.15, 0.2) is 0 Å². The van der Waals surface area contributed by atoms with Gasteiger partial charge in [0, 0.05) is 18.3 Å². The van der Waals surface area contributed by atoms with E-state index in [0.29, 0.717) is 11.1 Å². The summed E-state index contributed by atoms with van der Waals surface area (Å²) < 4.78 is 0. The van der Waals surface area contributed by atoms with Gasteiger partial charge in [0.2, 0.25) is 0 Å². The molecular weight excluding hydrogens is 236 g/mol. The Morgan fingerprint density at radius 3 is 2.42 bits per heavy atom. The second-order valence-electron chi connectivity index (χ2n) is 4.40. The molecule has 0 saturated carbocycles. The second-order valence-corrected chi connectivity index (χ2v) is 4.40. The Bertz CT molecular complexity index is 639. The zero-order chi connectivity index (χ0) is 13.8. The van der Waals surface area contributed by atoms with E-state index < -0.39 is 0 Å². The number of hydrogen-bond donors (Lipinski definition) is 0. The summed E-state index contributed by atoms with van der Waals surface area (Å²) in [6.45, 7) is 2.03. The third kappa shape index (κ3) is 2.63. The molecule has 2 rings (SSSR count). The van der Waals surface area contributed by atoms with Crippen molar-refractivity contribution in [1.82, 2.24) is 0 Å². The molecule has 19 heavy (non-hydrogen) atoms. The zero-order valence-corrected chi connectivity index (χ0v) is 10.9. The molecule has 0 saturated heterocycles. The number of anilines is 2. The van der Waals surface area contributed by atoms with Crippen molar-refractivity contribution in [2.45, 2.75) is 6.92 Å². The molecule has 0 spiro atoms. The van der Waals surface area contributed by atoms with Crippen molar-refractivity contribution in [3.8, 4) is 6.07 Å². The first-order chi connectivity index (χ1) is 9.15. The molecule has 3 heteroatoms. The fraction of sp³-hybridized carbons (Fsp3) is 0.125. The molecule has 0 N–H and O–H groups in total. The zero-order valence-electron chi connectivity index (χ0n) is 10.9. The molecule has 0 aliphatic heterocycles. The first-order valence-corrected chi connectivity index (χ1v) is 5.95. The normalized spacial score (nSPS) is 9.74. The molecule has 94 valence electrons. The number of carbonyl (C=O) groups excluding carboxylic acids is 1. The summed E-state index contributed by atoms with van der Waals surface area (Å²) in [6, 6.07) is 15.3. The molecule has 0 heterocycles. The van der Waals surface area contributed by atoms with Crippen molar-refractivity contribution in [3.63, 3.8) is 0 Å². The number of benzene rings is 2. The van der Waals surface area contributed by atoms with Crippen LogP contribution in [-0.4, -0.2) is 13.3 Å². The first-order valence-electron chi connectivity index (χ1n) is 5.95. The Balaban J connectivity index is 2.44. The van der Waals surface area contributed by atoms with Crippen LogP contribution in [0, 0.1) is 18.3 Å². The molecule has 0 fully saturated rings. The van der Waals surface area contributed by atoms with E-state index in [1.165, 1.54) is 5.56 Å². The summed E-state index contributed by atoms with van der Waals surface area (Å²) in [5.41, 5.74) is 3.98. The van der Waals surface area contributed by atoms with Crippen LogP contribution in [0.15, 0.2) is 42.5 Å². The number of nitriles is 1. The van der Waals surface area contributed by atoms with Gasteiger partial charge in [-0.1, -0.05) is 17.7 Å². The summed E-state index contributed by atoms with van der Waals surface area (Å²) in [6.07, 6.45) is 0.747. The fourth-order valence-electron chi connectivity index (χ4n) is 1.92. The van der Waals surface area contributed by atoms with E-state index in [-0.39, 0.29) is 0 Å². The Hall–Kier alpha value is -2.60. The molecule has 0 aliphatic rings. The molecular formula is C16H14N2O. The maximum atomic E-state index is 10.7. The number of hydrogen-bond acceptors (Lipinski definition) is 3. The number of nitrogens with zero attached hydrogens (tertiary/aromatic N) is 2. The second kappa shape index (κ2) is 5.36. The van der Waals surface area contributed by atoms with Gasteiger partial charge in [-0.2, -0.15) is 5.26 Å². The topological polar surface area (TPSA) is 44.1 Å². The average molecular weight is 250 g/mol. The Labute approximate surface area is 112 Å². The maximum absolute atomic E-state index is 10.7. The lowest BCUT2D eigenvalue weighted by atomic mass is 10.1. The van der Waals surface area contributed by atoms with Crippen molar-refractivity contribution in [2.24, 2.45) is 0 Å². The Kier molecular flexibility index (Phi) is 3.63. The van der Waals surface area contributed by atoms with Crippen molar-refractivity contribution < 1.29 is 4.79 Å². The molecule has 0 bridgehead atoms. The lowest BCUT2D eigenvalue weighted by molar-refractivity contribution is 0.112. The van der Waals surface area contributed by atoms with Crippen molar-refractivity contribution in [1.29, 1.82) is 5.26 Å². The van der Waals surface area contributed by atoms with E-state index in [1.807, 2.05) is 43.1 Å². The maximum Gasteiger partial charge on any atom is 0.150 e. The standard InChI is InChI=1S/C16H14N2O/c1-12-3-6-15(7-4-12)18(2)16-8-5-13(11-19)9-14(16)10-17/h3-9,11H,1-2H3. The van der Waals surface area contributed by atoms with E-state index in [0.717, 1.165) is 17.7 Å². The van der Waals surface area contributed by atoms with Crippen molar-refractivity contribution in [3.05, 3.63) is 59.2 Å². The van der Waals surface area contributed by atoms with Crippen LogP contribution in [0.4, 0.5) is 11.4 Å². The predicted octanol–water partition coefficient (Wildman–Crippen LogP) is 3.45. The molecule has 0 unspecified atom stereocenters. The summed E-state index contributed by atoms with van der Waals surface area (Å²) in [4.78, 5) is 12.7. The van der Waals surface area contributed by atoms with Gasteiger partial charge in [-0.25, -0.2) is 0 Å². The lowest BCUT2D eigenvalue weighted by Gasteiger charge is -2.21. The molecule has 2 aromatic carbocycles. The van der Waals surface area contributed by atoms with Crippen LogP contribution in [0.1, 0.15) is 21.5 Å². The van der Waals surface area contributed by atoms with Crippen molar-refractivity contribution >= 4 is 17.7 Å². The van der Waals surface area contributed by atoms with Crippen LogP contribution in [0.25, 0.3) is 0 Å². The van der Waals surface area contributed by atoms with Crippen LogP contribution in [0.5, 0.6) is 0 Å². The monoisotopic (exact) mass is 250 g/mol. The SMILES string of the molecule is Cc1ccc(N(C)c2ccc(C=O)cc2C#N)cc1. The average Bonchev–Trinajstić information content (AvgIpc) is 2.46. The Morgan fingerprint density at radius 1 is 1.16 bits per heavy atom. The Morgan fingerprint density at radius 2 is 1.84 bits per heavy atom. The molecule has 0 aromatic heterocycles. The van der Waals surface area contributed by atoms with Crippen LogP contribution in [0.2, 0.25) is 0 Å². The molecule has 0 amide bonds. The molecule has 0 atom stereocenters. The van der Waals surface area contributed by atoms with Gasteiger partial charge >= 0.3 is 0 Å². The van der Waals surface area contributed by atoms with Gasteiger partial charge in [-0.3, -0.25) is 4.79 Å². The fourth-order valence-corrected chi connectivity index (χ4v) is 1.92. The quantitative estimate of drug-likeness (QED) is 0.784. The van der Waals surface area contributed by atoms with E-state index in [2.05, 4.69) is 6.07 Å². The third-order valence-electron chi connectivity index (χ3n) is 3.06. The van der Waals surface area contributed by atoms with Gasteiger partial charge in [0.25, 0.3) is 0 Å². The summed E-state index contributed by atoms with van der Waals surface area (Å²) in [5.74, 6) is 0. The molecule has 2 aromatic rings. The predicted molar refractivity (Wildman–Crippen MR) is 75.8 cm³/mol. The number of aldehydes is 1. The van der Waals surface area contributed by atoms with Gasteiger partial charge in [0.05, 0.1) is 11.3 Å². The van der Waals surface area contributed by atoms with Crippen LogP contribution in [0.3, 0.4) is 0 Å². The summed E-state index contributed by atoms with van der Waals surface area (Å²) in [5, 5.41) is 9.19. The van der Waals surface area contributed by atoms with Crippen LogP contribution < -0.4 is 4.90 Å². The highest BCUT2D eigenvalue weighted by Gasteiger charge is 2.09. The number of rotatable bonds is 3. The first kappa shape index (κ1) is 12.8. The van der Waals surface area contributed by atoms with E-state index in [4.69, 9.17) is 0 Å². The third-order valence-corrected chi connectivity index (χ3v) is 3.06. The van der Waals surface area contributed by atoms with Gasteiger partial charge in [0.1, 0.15) is 12.4 Å². The summed E-state index contributed by atoms with van der Waals surface area (Å²) in [7, 11) is 1.90. The molecule has 0 aliphatic carbocycles. The summed E-state index contributed by atoms with van der Waals surface area (Å²) >= 11 is 0. The highest BCUT2D eigenvalue weighted by molar-refractivity contribution is 5.79. The number of aryl methyl sites for hydroxylation is 1. The highest BCUT2D eigenvalue weighted by atomic mass is 16.1. The highest BCUT2D eigenvalue weighted by Crippen LogP contribution is 2.27. The minimum Gasteiger partial charge on any atom is -0.344 e.